The molecule has 0 aliphatic carbocycles. The quantitative estimate of drug-likeness (QED) is 0.252. The molecule has 0 bridgehead atoms. The van der Waals surface area contributed by atoms with Gasteiger partial charge in [-0.2, -0.15) is 13.2 Å². The van der Waals surface area contributed by atoms with Crippen LogP contribution in [0.2, 0.25) is 4.34 Å². The van der Waals surface area contributed by atoms with E-state index in [1.807, 2.05) is 0 Å². The summed E-state index contributed by atoms with van der Waals surface area (Å²) < 4.78 is 41.7. The lowest BCUT2D eigenvalue weighted by Crippen LogP contribution is -2.21. The monoisotopic (exact) mass is 502 g/mol. The van der Waals surface area contributed by atoms with Gasteiger partial charge in [0.2, 0.25) is 5.91 Å². The predicted molar refractivity (Wildman–Crippen MR) is 118 cm³/mol. The number of benzene rings is 1. The van der Waals surface area contributed by atoms with Crippen molar-refractivity contribution in [1.29, 1.82) is 0 Å². The van der Waals surface area contributed by atoms with Gasteiger partial charge in [0.1, 0.15) is 5.82 Å². The van der Waals surface area contributed by atoms with Gasteiger partial charge in [0, 0.05) is 25.6 Å². The van der Waals surface area contributed by atoms with E-state index >= 15 is 0 Å². The average Bonchev–Trinajstić information content (AvgIpc) is 3.35. The van der Waals surface area contributed by atoms with E-state index in [9.17, 15) is 22.8 Å². The van der Waals surface area contributed by atoms with Crippen LogP contribution in [0.5, 0.6) is 0 Å². The number of rotatable bonds is 9. The summed E-state index contributed by atoms with van der Waals surface area (Å²) >= 11 is 8.12. The first kappa shape index (κ1) is 24.3. The van der Waals surface area contributed by atoms with Crippen LogP contribution in [0.1, 0.15) is 34.4 Å². The number of thiophene rings is 1. The topological polar surface area (TPSA) is 76.9 Å². The Morgan fingerprint density at radius 3 is 2.66 bits per heavy atom. The predicted octanol–water partition coefficient (Wildman–Crippen LogP) is 5.04. The van der Waals surface area contributed by atoms with E-state index in [1.54, 1.807) is 12.1 Å². The van der Waals surface area contributed by atoms with Crippen LogP contribution in [0.15, 0.2) is 41.6 Å². The van der Waals surface area contributed by atoms with Crippen LogP contribution in [-0.2, 0) is 17.4 Å². The maximum Gasteiger partial charge on any atom is 0.416 e. The van der Waals surface area contributed by atoms with E-state index in [2.05, 4.69) is 15.5 Å². The lowest BCUT2D eigenvalue weighted by molar-refractivity contribution is -0.137. The highest BCUT2D eigenvalue weighted by Crippen LogP contribution is 2.32. The highest BCUT2D eigenvalue weighted by atomic mass is 35.5. The van der Waals surface area contributed by atoms with Crippen molar-refractivity contribution in [2.75, 3.05) is 12.3 Å². The van der Waals surface area contributed by atoms with Crippen molar-refractivity contribution in [2.24, 2.45) is 0 Å². The van der Waals surface area contributed by atoms with Gasteiger partial charge in [-0.15, -0.1) is 21.5 Å². The summed E-state index contributed by atoms with van der Waals surface area (Å²) in [4.78, 5) is 24.0. The van der Waals surface area contributed by atoms with Crippen LogP contribution in [0, 0.1) is 0 Å². The van der Waals surface area contributed by atoms with E-state index in [1.165, 1.54) is 23.6 Å². The third kappa shape index (κ3) is 6.33. The number of halogens is 4. The number of Topliss-reactive ketones (excluding diaryl/α,β-unsaturated/α-hetero) is 1. The molecule has 0 aliphatic heterocycles. The SMILES string of the molecule is CC(=O)NCCCc1nnc(SCC(=O)c2ccc(Cl)s2)n1-c1cccc(C(F)(F)F)c1. The summed E-state index contributed by atoms with van der Waals surface area (Å²) in [7, 11) is 0. The number of aryl methyl sites for hydroxylation is 1. The Morgan fingerprint density at radius 1 is 1.22 bits per heavy atom. The first-order valence-electron chi connectivity index (χ1n) is 9.43. The molecule has 1 N–H and O–H groups in total. The second kappa shape index (κ2) is 10.5. The lowest BCUT2D eigenvalue weighted by Gasteiger charge is -2.13. The molecule has 6 nitrogen and oxygen atoms in total. The normalized spacial score (nSPS) is 11.5. The molecule has 1 amide bonds. The first-order valence-corrected chi connectivity index (χ1v) is 11.6. The van der Waals surface area contributed by atoms with E-state index < -0.39 is 11.7 Å². The van der Waals surface area contributed by atoms with Gasteiger partial charge in [-0.3, -0.25) is 14.2 Å². The molecule has 2 heterocycles. The van der Waals surface area contributed by atoms with Gasteiger partial charge in [-0.25, -0.2) is 0 Å². The molecule has 0 saturated carbocycles. The zero-order chi connectivity index (χ0) is 23.3. The minimum Gasteiger partial charge on any atom is -0.356 e. The third-order valence-electron chi connectivity index (χ3n) is 4.26. The average molecular weight is 503 g/mol. The maximum absolute atomic E-state index is 13.2. The lowest BCUT2D eigenvalue weighted by atomic mass is 10.2. The van der Waals surface area contributed by atoms with Crippen LogP contribution >= 0.6 is 34.7 Å². The van der Waals surface area contributed by atoms with Gasteiger partial charge in [-0.05, 0) is 36.8 Å². The Kier molecular flexibility index (Phi) is 7.96. The fraction of sp³-hybridized carbons (Fsp3) is 0.300. The standard InChI is InChI=1S/C20H18ClF3N4O2S2/c1-12(29)25-9-3-6-18-26-27-19(31-11-15(30)16-7-8-17(21)32-16)28(18)14-5-2-4-13(10-14)20(22,23)24/h2,4-5,7-8,10H,3,6,9,11H2,1H3,(H,25,29). The zero-order valence-corrected chi connectivity index (χ0v) is 19.2. The number of nitrogens with zero attached hydrogens (tertiary/aromatic N) is 3. The summed E-state index contributed by atoms with van der Waals surface area (Å²) in [5.41, 5.74) is -0.554. The molecule has 0 radical (unpaired) electrons. The Hall–Kier alpha value is -2.37. The van der Waals surface area contributed by atoms with E-state index in [0.29, 0.717) is 39.6 Å². The van der Waals surface area contributed by atoms with Crippen LogP contribution in [0.3, 0.4) is 0 Å². The van der Waals surface area contributed by atoms with E-state index in [-0.39, 0.29) is 23.1 Å². The fourth-order valence-electron chi connectivity index (χ4n) is 2.81. The molecule has 3 aromatic rings. The van der Waals surface area contributed by atoms with Gasteiger partial charge >= 0.3 is 6.18 Å². The summed E-state index contributed by atoms with van der Waals surface area (Å²) in [6, 6.07) is 8.10. The summed E-state index contributed by atoms with van der Waals surface area (Å²) in [5, 5.41) is 11.2. The molecule has 12 heteroatoms. The van der Waals surface area contributed by atoms with Gasteiger partial charge in [-0.1, -0.05) is 29.4 Å². The van der Waals surface area contributed by atoms with E-state index in [0.717, 1.165) is 35.2 Å². The van der Waals surface area contributed by atoms with Crippen LogP contribution in [0.25, 0.3) is 5.69 Å². The molecule has 0 fully saturated rings. The van der Waals surface area contributed by atoms with Crippen molar-refractivity contribution >= 4 is 46.4 Å². The highest BCUT2D eigenvalue weighted by Gasteiger charge is 2.31. The number of hydrogen-bond acceptors (Lipinski definition) is 6. The fourth-order valence-corrected chi connectivity index (χ4v) is 4.74. The second-order valence-corrected chi connectivity index (χ2v) is 9.34. The smallest absolute Gasteiger partial charge is 0.356 e. The Labute approximate surface area is 195 Å². The van der Waals surface area contributed by atoms with Crippen LogP contribution in [-0.4, -0.2) is 38.8 Å². The molecule has 32 heavy (non-hydrogen) atoms. The molecular formula is C20H18ClF3N4O2S2. The minimum absolute atomic E-state index is 0.0276. The number of carbonyl (C=O) groups is 2. The highest BCUT2D eigenvalue weighted by molar-refractivity contribution is 7.99. The van der Waals surface area contributed by atoms with Crippen LogP contribution in [0.4, 0.5) is 13.2 Å². The van der Waals surface area contributed by atoms with Crippen molar-refractivity contribution in [2.45, 2.75) is 31.1 Å². The third-order valence-corrected chi connectivity index (χ3v) is 6.46. The van der Waals surface area contributed by atoms with Gasteiger partial charge in [0.15, 0.2) is 10.9 Å². The molecule has 0 unspecified atom stereocenters. The summed E-state index contributed by atoms with van der Waals surface area (Å²) in [6.45, 7) is 1.79. The molecule has 0 aliphatic rings. The molecule has 1 aromatic carbocycles. The number of alkyl halides is 3. The van der Waals surface area contributed by atoms with E-state index in [4.69, 9.17) is 11.6 Å². The molecule has 3 rings (SSSR count). The van der Waals surface area contributed by atoms with Gasteiger partial charge < -0.3 is 5.32 Å². The number of thioether (sulfide) groups is 1. The zero-order valence-electron chi connectivity index (χ0n) is 16.8. The molecule has 0 saturated heterocycles. The molecule has 0 atom stereocenters. The van der Waals surface area contributed by atoms with Crippen LogP contribution < -0.4 is 5.32 Å². The van der Waals surface area contributed by atoms with Crippen molar-refractivity contribution in [3.8, 4) is 5.69 Å². The Bertz CT molecular complexity index is 1110. The Morgan fingerprint density at radius 2 is 2.00 bits per heavy atom. The van der Waals surface area contributed by atoms with Gasteiger partial charge in [0.05, 0.1) is 20.5 Å². The van der Waals surface area contributed by atoms with Crippen molar-refractivity contribution in [1.82, 2.24) is 20.1 Å². The summed E-state index contributed by atoms with van der Waals surface area (Å²) in [5.74, 6) is 0.120. The number of aromatic nitrogens is 3. The second-order valence-electron chi connectivity index (χ2n) is 6.68. The largest absolute Gasteiger partial charge is 0.416 e. The number of nitrogens with one attached hydrogen (secondary N) is 1. The molecule has 2 aromatic heterocycles. The van der Waals surface area contributed by atoms with Crippen molar-refractivity contribution < 1.29 is 22.8 Å². The van der Waals surface area contributed by atoms with Gasteiger partial charge in [0.25, 0.3) is 0 Å². The maximum atomic E-state index is 13.2. The van der Waals surface area contributed by atoms with Crippen molar-refractivity contribution in [3.63, 3.8) is 0 Å². The molecular weight excluding hydrogens is 485 g/mol. The first-order chi connectivity index (χ1) is 15.1. The molecule has 0 spiro atoms. The number of hydrogen-bond donors (Lipinski definition) is 1. The minimum atomic E-state index is -4.50. The Balaban J connectivity index is 1.86. The van der Waals surface area contributed by atoms with Crippen molar-refractivity contribution in [3.05, 3.63) is 57.0 Å². The number of carbonyl (C=O) groups excluding carboxylic acids is 2. The number of ketones is 1. The summed E-state index contributed by atoms with van der Waals surface area (Å²) in [6.07, 6.45) is -3.61. The molecule has 170 valence electrons. The number of amides is 1.